The summed E-state index contributed by atoms with van der Waals surface area (Å²) in [6.07, 6.45) is -0.133. The Hall–Kier alpha value is -1.02. The molecule has 0 saturated carbocycles. The summed E-state index contributed by atoms with van der Waals surface area (Å²) in [6, 6.07) is 3.64. The number of ether oxygens (including phenoxy) is 1. The lowest BCUT2D eigenvalue weighted by Gasteiger charge is -2.11. The van der Waals surface area contributed by atoms with Gasteiger partial charge in [-0.05, 0) is 42.4 Å². The third-order valence-corrected chi connectivity index (χ3v) is 3.69. The van der Waals surface area contributed by atoms with Crippen molar-refractivity contribution in [3.63, 3.8) is 0 Å². The van der Waals surface area contributed by atoms with E-state index < -0.39 is 11.5 Å². The van der Waals surface area contributed by atoms with E-state index in [1.54, 1.807) is 6.92 Å². The van der Waals surface area contributed by atoms with Crippen molar-refractivity contribution in [2.75, 3.05) is 11.9 Å². The Kier molecular flexibility index (Phi) is 6.73. The second-order valence-electron chi connectivity index (χ2n) is 3.94. The molecule has 0 unspecified atom stereocenters. The van der Waals surface area contributed by atoms with E-state index in [0.717, 1.165) is 0 Å². The highest BCUT2D eigenvalue weighted by Crippen LogP contribution is 2.37. The number of hydrogen-bond acceptors (Lipinski definition) is 4. The molecule has 0 atom stereocenters. The fraction of sp³-hybridized carbons (Fsp3) is 0.385. The van der Waals surface area contributed by atoms with Crippen LogP contribution >= 0.6 is 27.7 Å². The Bertz CT molecular complexity index is 532. The largest absolute Gasteiger partial charge is 0.462 e. The normalized spacial score (nSPS) is 11.3. The zero-order valence-electron chi connectivity index (χ0n) is 11.0. The van der Waals surface area contributed by atoms with Gasteiger partial charge in [0.25, 0.3) is 0 Å². The van der Waals surface area contributed by atoms with Crippen LogP contribution in [0.25, 0.3) is 0 Å². The number of carbonyl (C=O) groups is 2. The highest BCUT2D eigenvalue weighted by atomic mass is 79.9. The minimum absolute atomic E-state index is 0.0614. The van der Waals surface area contributed by atoms with Crippen molar-refractivity contribution in [3.05, 3.63) is 29.3 Å². The zero-order valence-corrected chi connectivity index (χ0v) is 13.4. The Morgan fingerprint density at radius 2 is 2.00 bits per heavy atom. The first-order chi connectivity index (χ1) is 9.76. The number of Topliss-reactive ketones (excluding diaryl/α,β-unsaturated/α-hetero) is 1. The molecule has 1 aromatic rings. The highest BCUT2D eigenvalue weighted by Gasteiger charge is 2.29. The summed E-state index contributed by atoms with van der Waals surface area (Å²) in [5.41, 5.74) is -4.09. The van der Waals surface area contributed by atoms with Crippen LogP contribution in [0, 0.1) is 0 Å². The van der Waals surface area contributed by atoms with E-state index in [9.17, 15) is 22.8 Å². The molecule has 0 amide bonds. The fourth-order valence-electron chi connectivity index (χ4n) is 1.58. The van der Waals surface area contributed by atoms with Gasteiger partial charge in [0.1, 0.15) is 5.78 Å². The number of halogens is 4. The van der Waals surface area contributed by atoms with E-state index in [2.05, 4.69) is 15.9 Å². The van der Waals surface area contributed by atoms with Crippen molar-refractivity contribution < 1.29 is 27.5 Å². The molecule has 3 nitrogen and oxygen atoms in total. The molecule has 0 radical (unpaired) electrons. The molecule has 0 aromatic heterocycles. The maximum absolute atomic E-state index is 12.4. The second kappa shape index (κ2) is 7.84. The molecule has 116 valence electrons. The van der Waals surface area contributed by atoms with Gasteiger partial charge in [-0.3, -0.25) is 4.79 Å². The van der Waals surface area contributed by atoms with Crippen molar-refractivity contribution >= 4 is 39.4 Å². The van der Waals surface area contributed by atoms with Crippen molar-refractivity contribution in [2.24, 2.45) is 0 Å². The van der Waals surface area contributed by atoms with Gasteiger partial charge >= 0.3 is 11.5 Å². The Morgan fingerprint density at radius 1 is 1.33 bits per heavy atom. The van der Waals surface area contributed by atoms with Gasteiger partial charge < -0.3 is 4.74 Å². The van der Waals surface area contributed by atoms with Crippen LogP contribution in [0.5, 0.6) is 0 Å². The smallest absolute Gasteiger partial charge is 0.446 e. The van der Waals surface area contributed by atoms with E-state index in [1.165, 1.54) is 18.2 Å². The van der Waals surface area contributed by atoms with Crippen LogP contribution in [-0.4, -0.2) is 29.2 Å². The van der Waals surface area contributed by atoms with E-state index >= 15 is 0 Å². The minimum atomic E-state index is -4.43. The van der Waals surface area contributed by atoms with Gasteiger partial charge in [0.2, 0.25) is 0 Å². The molecule has 1 aromatic carbocycles. The van der Waals surface area contributed by atoms with E-state index in [4.69, 9.17) is 4.74 Å². The first-order valence-electron chi connectivity index (χ1n) is 5.90. The summed E-state index contributed by atoms with van der Waals surface area (Å²) >= 11 is 2.69. The van der Waals surface area contributed by atoms with Crippen molar-refractivity contribution in [2.45, 2.75) is 23.7 Å². The number of ketones is 1. The van der Waals surface area contributed by atoms with Crippen LogP contribution in [0.4, 0.5) is 13.2 Å². The van der Waals surface area contributed by atoms with Crippen molar-refractivity contribution in [1.29, 1.82) is 0 Å². The summed E-state index contributed by atoms with van der Waals surface area (Å²) in [4.78, 5) is 23.2. The Labute approximate surface area is 132 Å². The maximum Gasteiger partial charge on any atom is 0.446 e. The number of rotatable bonds is 6. The van der Waals surface area contributed by atoms with Crippen LogP contribution in [-0.2, 0) is 16.0 Å². The van der Waals surface area contributed by atoms with E-state index in [-0.39, 0.29) is 51.9 Å². The minimum Gasteiger partial charge on any atom is -0.462 e. The Morgan fingerprint density at radius 3 is 2.52 bits per heavy atom. The molecule has 0 saturated heterocycles. The number of carbonyl (C=O) groups excluding carboxylic acids is 2. The van der Waals surface area contributed by atoms with Crippen LogP contribution < -0.4 is 0 Å². The second-order valence-corrected chi connectivity index (χ2v) is 5.64. The molecule has 21 heavy (non-hydrogen) atoms. The summed E-state index contributed by atoms with van der Waals surface area (Å²) in [6.45, 7) is 1.76. The third-order valence-electron chi connectivity index (χ3n) is 2.34. The number of benzene rings is 1. The fourth-order valence-corrected chi connectivity index (χ4v) is 2.38. The van der Waals surface area contributed by atoms with Crippen LogP contribution in [0.2, 0.25) is 0 Å². The van der Waals surface area contributed by atoms with E-state index in [1.807, 2.05) is 0 Å². The average molecular weight is 385 g/mol. The van der Waals surface area contributed by atoms with E-state index in [0.29, 0.717) is 0 Å². The van der Waals surface area contributed by atoms with Gasteiger partial charge in [0.05, 0.1) is 17.5 Å². The monoisotopic (exact) mass is 384 g/mol. The van der Waals surface area contributed by atoms with Gasteiger partial charge in [0.15, 0.2) is 0 Å². The maximum atomic E-state index is 12.4. The van der Waals surface area contributed by atoms with Crippen molar-refractivity contribution in [1.82, 2.24) is 0 Å². The Balaban J connectivity index is 3.13. The van der Waals surface area contributed by atoms with Crippen molar-refractivity contribution in [3.8, 4) is 0 Å². The molecule has 0 aliphatic heterocycles. The van der Waals surface area contributed by atoms with Gasteiger partial charge in [0, 0.05) is 11.3 Å². The molecule has 0 fully saturated rings. The molecule has 0 aliphatic rings. The van der Waals surface area contributed by atoms with Crippen LogP contribution in [0.1, 0.15) is 22.8 Å². The quantitative estimate of drug-likeness (QED) is 0.422. The number of thioether (sulfide) groups is 1. The van der Waals surface area contributed by atoms with Gasteiger partial charge in [-0.15, -0.1) is 0 Å². The predicted octanol–water partition coefficient (Wildman–Crippen LogP) is 3.98. The zero-order chi connectivity index (χ0) is 16.0. The molecule has 0 N–H and O–H groups in total. The van der Waals surface area contributed by atoms with Crippen LogP contribution in [0.3, 0.4) is 0 Å². The number of esters is 1. The summed E-state index contributed by atoms with van der Waals surface area (Å²) in [5, 5.41) is 0.0614. The lowest BCUT2D eigenvalue weighted by molar-refractivity contribution is -0.115. The summed E-state index contributed by atoms with van der Waals surface area (Å²) in [7, 11) is 0. The molecule has 0 spiro atoms. The van der Waals surface area contributed by atoms with Gasteiger partial charge in [-0.2, -0.15) is 13.2 Å². The van der Waals surface area contributed by atoms with Crippen LogP contribution in [0.15, 0.2) is 23.1 Å². The predicted molar refractivity (Wildman–Crippen MR) is 76.8 cm³/mol. The topological polar surface area (TPSA) is 43.4 Å². The average Bonchev–Trinajstić information content (AvgIpc) is 2.37. The highest BCUT2D eigenvalue weighted by molar-refractivity contribution is 9.09. The molecule has 1 rings (SSSR count). The number of alkyl halides is 4. The molecule has 0 heterocycles. The molecular weight excluding hydrogens is 373 g/mol. The molecule has 0 bridgehead atoms. The third kappa shape index (κ3) is 6.09. The molecule has 0 aliphatic carbocycles. The van der Waals surface area contributed by atoms with Gasteiger partial charge in [-0.25, -0.2) is 4.79 Å². The number of hydrogen-bond donors (Lipinski definition) is 0. The summed E-state index contributed by atoms with van der Waals surface area (Å²) in [5.74, 6) is -0.895. The SMILES string of the molecule is CCOC(=O)c1ccc(SC(F)(F)F)cc1CC(=O)CBr. The molecule has 8 heteroatoms. The molecular formula is C13H12BrF3O3S. The lowest BCUT2D eigenvalue weighted by Crippen LogP contribution is -2.12. The van der Waals surface area contributed by atoms with Gasteiger partial charge in [-0.1, -0.05) is 15.9 Å². The standard InChI is InChI=1S/C13H12BrF3O3S/c1-2-20-12(19)11-4-3-10(21-13(15,16)17)6-8(11)5-9(18)7-14/h3-4,6H,2,5,7H2,1H3. The summed E-state index contributed by atoms with van der Waals surface area (Å²) < 4.78 is 42.0. The first kappa shape index (κ1) is 18.0. The first-order valence-corrected chi connectivity index (χ1v) is 7.84. The lowest BCUT2D eigenvalue weighted by atomic mass is 10.0.